The summed E-state index contributed by atoms with van der Waals surface area (Å²) in [5.41, 5.74) is 3.38. The summed E-state index contributed by atoms with van der Waals surface area (Å²) in [6, 6.07) is 6.13. The second-order valence-corrected chi connectivity index (χ2v) is 4.55. The average molecular weight is 224 g/mol. The van der Waals surface area contributed by atoms with E-state index in [4.69, 9.17) is 0 Å². The van der Waals surface area contributed by atoms with Gasteiger partial charge in [0.1, 0.15) is 5.65 Å². The lowest BCUT2D eigenvalue weighted by Crippen LogP contribution is -1.96. The maximum atomic E-state index is 4.44. The molecule has 0 saturated heterocycles. The summed E-state index contributed by atoms with van der Waals surface area (Å²) in [6.07, 6.45) is 8.32. The Morgan fingerprint density at radius 3 is 3.12 bits per heavy atom. The maximum absolute atomic E-state index is 4.44. The molecule has 4 heteroatoms. The maximum Gasteiger partial charge on any atom is 0.144 e. The van der Waals surface area contributed by atoms with Crippen molar-refractivity contribution in [2.45, 2.75) is 18.8 Å². The van der Waals surface area contributed by atoms with Gasteiger partial charge in [-0.3, -0.25) is 9.67 Å². The van der Waals surface area contributed by atoms with Crippen LogP contribution in [0.3, 0.4) is 0 Å². The number of rotatable bonds is 2. The zero-order chi connectivity index (χ0) is 11.2. The fourth-order valence-electron chi connectivity index (χ4n) is 2.31. The molecule has 17 heavy (non-hydrogen) atoms. The standard InChI is InChI=1S/C13H12N4/c1-2-10-5-7-17(13(10)14-6-1)11-8-15-16-12(11)9-3-4-9/h1-2,5-9H,3-4H2,(H,15,16). The third-order valence-corrected chi connectivity index (χ3v) is 3.34. The minimum Gasteiger partial charge on any atom is -0.298 e. The van der Waals surface area contributed by atoms with Crippen LogP contribution in [0.2, 0.25) is 0 Å². The number of H-pyrrole nitrogens is 1. The zero-order valence-electron chi connectivity index (χ0n) is 9.30. The molecule has 0 atom stereocenters. The van der Waals surface area contributed by atoms with Crippen LogP contribution in [0.15, 0.2) is 36.8 Å². The van der Waals surface area contributed by atoms with E-state index in [2.05, 4.69) is 38.1 Å². The molecule has 0 unspecified atom stereocenters. The molecule has 0 aliphatic heterocycles. The Bertz CT molecular complexity index is 675. The molecule has 1 fully saturated rings. The summed E-state index contributed by atoms with van der Waals surface area (Å²) < 4.78 is 2.12. The highest BCUT2D eigenvalue weighted by atomic mass is 15.2. The summed E-state index contributed by atoms with van der Waals surface area (Å²) >= 11 is 0. The third kappa shape index (κ3) is 1.30. The largest absolute Gasteiger partial charge is 0.298 e. The summed E-state index contributed by atoms with van der Waals surface area (Å²) in [7, 11) is 0. The molecule has 0 aromatic carbocycles. The first-order valence-electron chi connectivity index (χ1n) is 5.89. The van der Waals surface area contributed by atoms with Crippen LogP contribution in [0.25, 0.3) is 16.7 Å². The van der Waals surface area contributed by atoms with Crippen LogP contribution in [0.1, 0.15) is 24.5 Å². The van der Waals surface area contributed by atoms with Crippen LogP contribution in [-0.4, -0.2) is 19.7 Å². The van der Waals surface area contributed by atoms with E-state index in [0.717, 1.165) is 16.7 Å². The Morgan fingerprint density at radius 2 is 2.24 bits per heavy atom. The monoisotopic (exact) mass is 224 g/mol. The molecule has 1 saturated carbocycles. The van der Waals surface area contributed by atoms with E-state index < -0.39 is 0 Å². The molecule has 1 N–H and O–H groups in total. The van der Waals surface area contributed by atoms with E-state index in [9.17, 15) is 0 Å². The van der Waals surface area contributed by atoms with Crippen LogP contribution in [0.4, 0.5) is 0 Å². The topological polar surface area (TPSA) is 46.5 Å². The van der Waals surface area contributed by atoms with Gasteiger partial charge in [-0.2, -0.15) is 5.10 Å². The molecule has 0 amide bonds. The molecule has 3 aromatic rings. The average Bonchev–Trinajstić information content (AvgIpc) is 2.94. The molecule has 3 aromatic heterocycles. The second kappa shape index (κ2) is 3.20. The van der Waals surface area contributed by atoms with Gasteiger partial charge >= 0.3 is 0 Å². The van der Waals surface area contributed by atoms with Gasteiger partial charge in [0.15, 0.2) is 0 Å². The van der Waals surface area contributed by atoms with Crippen LogP contribution in [0, 0.1) is 0 Å². The van der Waals surface area contributed by atoms with E-state index in [1.165, 1.54) is 18.5 Å². The normalized spacial score (nSPS) is 15.5. The molecule has 1 aliphatic carbocycles. The van der Waals surface area contributed by atoms with E-state index in [1.54, 1.807) is 0 Å². The van der Waals surface area contributed by atoms with Gasteiger partial charge in [0.25, 0.3) is 0 Å². The van der Waals surface area contributed by atoms with Gasteiger partial charge in [-0.25, -0.2) is 4.98 Å². The number of aromatic amines is 1. The molecule has 3 heterocycles. The summed E-state index contributed by atoms with van der Waals surface area (Å²) in [5, 5.41) is 8.46. The van der Waals surface area contributed by atoms with Gasteiger partial charge < -0.3 is 0 Å². The molecule has 84 valence electrons. The first-order valence-corrected chi connectivity index (χ1v) is 5.89. The number of nitrogens with zero attached hydrogens (tertiary/aromatic N) is 3. The Labute approximate surface area is 98.3 Å². The van der Waals surface area contributed by atoms with Crippen molar-refractivity contribution in [3.63, 3.8) is 0 Å². The van der Waals surface area contributed by atoms with E-state index in [0.29, 0.717) is 5.92 Å². The highest BCUT2D eigenvalue weighted by Gasteiger charge is 2.28. The summed E-state index contributed by atoms with van der Waals surface area (Å²) in [5.74, 6) is 0.661. The number of hydrogen-bond donors (Lipinski definition) is 1. The fraction of sp³-hybridized carbons (Fsp3) is 0.231. The lowest BCUT2D eigenvalue weighted by Gasteiger charge is -2.04. The molecule has 0 radical (unpaired) electrons. The molecular weight excluding hydrogens is 212 g/mol. The highest BCUT2D eigenvalue weighted by molar-refractivity contribution is 5.78. The van der Waals surface area contributed by atoms with Crippen LogP contribution < -0.4 is 0 Å². The minimum atomic E-state index is 0.661. The van der Waals surface area contributed by atoms with E-state index >= 15 is 0 Å². The SMILES string of the molecule is c1cnc2c(c1)ccn2-c1cn[nH]c1C1CC1. The van der Waals surface area contributed by atoms with Crippen molar-refractivity contribution >= 4 is 11.0 Å². The lowest BCUT2D eigenvalue weighted by atomic mass is 10.2. The van der Waals surface area contributed by atoms with Crippen molar-refractivity contribution in [1.82, 2.24) is 19.7 Å². The molecule has 0 spiro atoms. The minimum absolute atomic E-state index is 0.661. The van der Waals surface area contributed by atoms with Gasteiger partial charge in [0.2, 0.25) is 0 Å². The fourth-order valence-corrected chi connectivity index (χ4v) is 2.31. The van der Waals surface area contributed by atoms with Crippen LogP contribution in [-0.2, 0) is 0 Å². The number of aromatic nitrogens is 4. The van der Waals surface area contributed by atoms with Gasteiger partial charge in [-0.1, -0.05) is 0 Å². The number of fused-ring (bicyclic) bond motifs is 1. The zero-order valence-corrected chi connectivity index (χ0v) is 9.30. The van der Waals surface area contributed by atoms with Gasteiger partial charge in [-0.15, -0.1) is 0 Å². The van der Waals surface area contributed by atoms with Gasteiger partial charge in [0.05, 0.1) is 17.6 Å². The van der Waals surface area contributed by atoms with Crippen molar-refractivity contribution in [3.05, 3.63) is 42.5 Å². The van der Waals surface area contributed by atoms with Gasteiger partial charge in [-0.05, 0) is 31.0 Å². The predicted molar refractivity (Wildman–Crippen MR) is 65.2 cm³/mol. The highest BCUT2D eigenvalue weighted by Crippen LogP contribution is 2.41. The van der Waals surface area contributed by atoms with Crippen molar-refractivity contribution < 1.29 is 0 Å². The number of nitrogens with one attached hydrogen (secondary N) is 1. The van der Waals surface area contributed by atoms with E-state index in [-0.39, 0.29) is 0 Å². The molecule has 0 bridgehead atoms. The summed E-state index contributed by atoms with van der Waals surface area (Å²) in [4.78, 5) is 4.44. The van der Waals surface area contributed by atoms with Crippen LogP contribution in [0.5, 0.6) is 0 Å². The Balaban J connectivity index is 1.95. The van der Waals surface area contributed by atoms with Crippen molar-refractivity contribution in [2.75, 3.05) is 0 Å². The molecule has 4 rings (SSSR count). The molecule has 4 nitrogen and oxygen atoms in total. The second-order valence-electron chi connectivity index (χ2n) is 4.55. The number of hydrogen-bond acceptors (Lipinski definition) is 2. The molecular formula is C13H12N4. The quantitative estimate of drug-likeness (QED) is 0.727. The summed E-state index contributed by atoms with van der Waals surface area (Å²) in [6.45, 7) is 0. The Kier molecular flexibility index (Phi) is 1.69. The third-order valence-electron chi connectivity index (χ3n) is 3.34. The first-order chi connectivity index (χ1) is 8.43. The van der Waals surface area contributed by atoms with Crippen molar-refractivity contribution in [1.29, 1.82) is 0 Å². The van der Waals surface area contributed by atoms with Crippen LogP contribution >= 0.6 is 0 Å². The van der Waals surface area contributed by atoms with E-state index in [1.807, 2.05) is 18.5 Å². The smallest absolute Gasteiger partial charge is 0.144 e. The van der Waals surface area contributed by atoms with Gasteiger partial charge in [0, 0.05) is 23.7 Å². The predicted octanol–water partition coefficient (Wildman–Crippen LogP) is 2.63. The Hall–Kier alpha value is -2.10. The van der Waals surface area contributed by atoms with Crippen molar-refractivity contribution in [3.8, 4) is 5.69 Å². The van der Waals surface area contributed by atoms with Crippen molar-refractivity contribution in [2.24, 2.45) is 0 Å². The molecule has 1 aliphatic rings. The number of pyridine rings is 1. The first kappa shape index (κ1) is 8.98. The lowest BCUT2D eigenvalue weighted by molar-refractivity contribution is 0.948. The Morgan fingerprint density at radius 1 is 1.29 bits per heavy atom.